The molecule has 1 saturated heterocycles. The second-order valence-corrected chi connectivity index (χ2v) is 10.9. The molecule has 0 unspecified atom stereocenters. The number of nitrogens with zero attached hydrogens (tertiary/aromatic N) is 1. The number of carbonyl (C=O) groups excluding carboxylic acids is 1. The first-order valence-corrected chi connectivity index (χ1v) is 11.8. The standard InChI is InChI=1S/C24H22Cl3F3N2O3/c1-21(2,3)20(33)34-22(11-31-12-22)14-6-4-13(5-7-14)18-10-23(35-32-18,24(28,29)30)15-8-16(25)19(27)17(26)9-15/h4-9,31H,10-12H2,1-3H3/t23-/m1/s1. The second-order valence-electron chi connectivity index (χ2n) is 9.70. The van der Waals surface area contributed by atoms with Crippen LogP contribution in [0.3, 0.4) is 0 Å². The van der Waals surface area contributed by atoms with Gasteiger partial charge in [-0.2, -0.15) is 13.2 Å². The van der Waals surface area contributed by atoms with Gasteiger partial charge in [0.25, 0.3) is 5.60 Å². The van der Waals surface area contributed by atoms with Crippen molar-refractivity contribution in [1.82, 2.24) is 5.32 Å². The molecular formula is C24H22Cl3F3N2O3. The molecule has 0 bridgehead atoms. The van der Waals surface area contributed by atoms with Crippen molar-refractivity contribution < 1.29 is 27.5 Å². The van der Waals surface area contributed by atoms with Crippen LogP contribution in [0.25, 0.3) is 0 Å². The third-order valence-electron chi connectivity index (χ3n) is 6.10. The van der Waals surface area contributed by atoms with Gasteiger partial charge in [0.15, 0.2) is 5.60 Å². The van der Waals surface area contributed by atoms with Crippen LogP contribution in [0.5, 0.6) is 0 Å². The van der Waals surface area contributed by atoms with Crippen molar-refractivity contribution in [2.75, 3.05) is 13.1 Å². The summed E-state index contributed by atoms with van der Waals surface area (Å²) in [5, 5.41) is 6.59. The van der Waals surface area contributed by atoms with Crippen molar-refractivity contribution in [3.63, 3.8) is 0 Å². The van der Waals surface area contributed by atoms with Crippen molar-refractivity contribution in [2.45, 2.75) is 44.6 Å². The van der Waals surface area contributed by atoms with Gasteiger partial charge in [0, 0.05) is 25.1 Å². The maximum Gasteiger partial charge on any atom is 0.435 e. The molecule has 0 amide bonds. The zero-order chi connectivity index (χ0) is 25.8. The van der Waals surface area contributed by atoms with Gasteiger partial charge in [-0.05, 0) is 44.0 Å². The van der Waals surface area contributed by atoms with Crippen molar-refractivity contribution in [2.24, 2.45) is 10.6 Å². The number of carbonyl (C=O) groups is 1. The van der Waals surface area contributed by atoms with Gasteiger partial charge in [-0.25, -0.2) is 0 Å². The molecule has 35 heavy (non-hydrogen) atoms. The minimum atomic E-state index is -4.82. The summed E-state index contributed by atoms with van der Waals surface area (Å²) in [6.45, 7) is 6.18. The summed E-state index contributed by atoms with van der Waals surface area (Å²) in [6, 6.07) is 8.88. The van der Waals surface area contributed by atoms with Gasteiger partial charge in [0.05, 0.1) is 26.2 Å². The largest absolute Gasteiger partial charge is 0.451 e. The van der Waals surface area contributed by atoms with E-state index in [-0.39, 0.29) is 32.3 Å². The van der Waals surface area contributed by atoms with Crippen molar-refractivity contribution in [3.8, 4) is 0 Å². The Bertz CT molecular complexity index is 1170. The number of alkyl halides is 3. The highest BCUT2D eigenvalue weighted by Crippen LogP contribution is 2.50. The molecule has 0 aromatic heterocycles. The van der Waals surface area contributed by atoms with Gasteiger partial charge in [-0.15, -0.1) is 0 Å². The van der Waals surface area contributed by atoms with E-state index in [4.69, 9.17) is 44.4 Å². The van der Waals surface area contributed by atoms with Crippen molar-refractivity contribution in [1.29, 1.82) is 0 Å². The fraction of sp³-hybridized carbons (Fsp3) is 0.417. The smallest absolute Gasteiger partial charge is 0.435 e. The van der Waals surface area contributed by atoms with Crippen LogP contribution in [0, 0.1) is 5.41 Å². The number of nitrogens with one attached hydrogen (secondary N) is 1. The molecule has 11 heteroatoms. The maximum absolute atomic E-state index is 14.3. The molecule has 2 aromatic rings. The molecule has 2 aliphatic rings. The quantitative estimate of drug-likeness (QED) is 0.344. The topological polar surface area (TPSA) is 59.9 Å². The molecule has 0 saturated carbocycles. The molecule has 0 radical (unpaired) electrons. The molecule has 0 spiro atoms. The fourth-order valence-corrected chi connectivity index (χ4v) is 4.43. The first-order valence-electron chi connectivity index (χ1n) is 10.7. The second kappa shape index (κ2) is 8.83. The summed E-state index contributed by atoms with van der Waals surface area (Å²) in [4.78, 5) is 17.5. The van der Waals surface area contributed by atoms with Crippen LogP contribution in [-0.2, 0) is 25.6 Å². The Kier molecular flexibility index (Phi) is 6.58. The minimum Gasteiger partial charge on any atom is -0.451 e. The van der Waals surface area contributed by atoms with Crippen LogP contribution in [0.15, 0.2) is 41.6 Å². The number of rotatable bonds is 4. The molecule has 2 heterocycles. The number of halogens is 6. The number of oxime groups is 1. The highest BCUT2D eigenvalue weighted by Gasteiger charge is 2.62. The van der Waals surface area contributed by atoms with Crippen LogP contribution in [0.2, 0.25) is 15.1 Å². The monoisotopic (exact) mass is 548 g/mol. The molecule has 1 N–H and O–H groups in total. The SMILES string of the molecule is CC(C)(C)C(=O)OC1(c2ccc(C3=NO[C@](c4cc(Cl)c(Cl)c(Cl)c4)(C(F)(F)F)C3)cc2)CNC1. The van der Waals surface area contributed by atoms with E-state index in [2.05, 4.69) is 10.5 Å². The van der Waals surface area contributed by atoms with E-state index in [9.17, 15) is 18.0 Å². The number of ether oxygens (including phenoxy) is 1. The zero-order valence-corrected chi connectivity index (χ0v) is 21.3. The summed E-state index contributed by atoms with van der Waals surface area (Å²) in [6.07, 6.45) is -5.41. The summed E-state index contributed by atoms with van der Waals surface area (Å²) in [7, 11) is 0. The summed E-state index contributed by atoms with van der Waals surface area (Å²) >= 11 is 17.9. The Labute approximate surface area is 215 Å². The molecular weight excluding hydrogens is 528 g/mol. The molecule has 1 atom stereocenters. The molecule has 2 aromatic carbocycles. The van der Waals surface area contributed by atoms with E-state index in [0.29, 0.717) is 18.7 Å². The summed E-state index contributed by atoms with van der Waals surface area (Å²) in [5.74, 6) is -0.341. The average Bonchev–Trinajstić information content (AvgIpc) is 3.20. The van der Waals surface area contributed by atoms with Crippen LogP contribution in [0.1, 0.15) is 43.9 Å². The first kappa shape index (κ1) is 26.1. The minimum absolute atomic E-state index is 0.0456. The van der Waals surface area contributed by atoms with Crippen LogP contribution in [-0.4, -0.2) is 30.9 Å². The lowest BCUT2D eigenvalue weighted by molar-refractivity contribution is -0.275. The number of hydrogen-bond donors (Lipinski definition) is 1. The van der Waals surface area contributed by atoms with Gasteiger partial charge in [0.2, 0.25) is 0 Å². The summed E-state index contributed by atoms with van der Waals surface area (Å²) in [5.41, 5.74) is -3.29. The lowest BCUT2D eigenvalue weighted by atomic mass is 9.84. The third kappa shape index (κ3) is 4.61. The zero-order valence-electron chi connectivity index (χ0n) is 19.0. The van der Waals surface area contributed by atoms with Crippen molar-refractivity contribution in [3.05, 3.63) is 68.2 Å². The fourth-order valence-electron chi connectivity index (χ4n) is 3.83. The van der Waals surface area contributed by atoms with Crippen molar-refractivity contribution >= 4 is 46.5 Å². The molecule has 4 rings (SSSR count). The first-order chi connectivity index (χ1) is 16.2. The van der Waals surface area contributed by atoms with E-state index < -0.39 is 29.2 Å². The van der Waals surface area contributed by atoms with Gasteiger partial charge < -0.3 is 14.9 Å². The van der Waals surface area contributed by atoms with Crippen LogP contribution < -0.4 is 5.32 Å². The molecule has 188 valence electrons. The van der Waals surface area contributed by atoms with Gasteiger partial charge in [0.1, 0.15) is 0 Å². The molecule has 2 aliphatic heterocycles. The molecule has 1 fully saturated rings. The summed E-state index contributed by atoms with van der Waals surface area (Å²) < 4.78 is 48.6. The predicted molar refractivity (Wildman–Crippen MR) is 128 cm³/mol. The van der Waals surface area contributed by atoms with E-state index >= 15 is 0 Å². The number of benzene rings is 2. The molecule has 0 aliphatic carbocycles. The van der Waals surface area contributed by atoms with E-state index in [0.717, 1.165) is 17.7 Å². The van der Waals surface area contributed by atoms with Gasteiger partial charge in [-0.1, -0.05) is 64.2 Å². The van der Waals surface area contributed by atoms with Crippen LogP contribution >= 0.6 is 34.8 Å². The maximum atomic E-state index is 14.3. The Morgan fingerprint density at radius 3 is 2.06 bits per heavy atom. The number of hydrogen-bond acceptors (Lipinski definition) is 5. The van der Waals surface area contributed by atoms with Gasteiger partial charge in [-0.3, -0.25) is 4.79 Å². The van der Waals surface area contributed by atoms with Gasteiger partial charge >= 0.3 is 12.1 Å². The average molecular weight is 550 g/mol. The Morgan fingerprint density at radius 1 is 1.03 bits per heavy atom. The Hall–Kier alpha value is -2.00. The number of esters is 1. The Morgan fingerprint density at radius 2 is 1.60 bits per heavy atom. The van der Waals surface area contributed by atoms with Crippen LogP contribution in [0.4, 0.5) is 13.2 Å². The molecule has 5 nitrogen and oxygen atoms in total. The predicted octanol–water partition coefficient (Wildman–Crippen LogP) is 6.62. The highest BCUT2D eigenvalue weighted by atomic mass is 35.5. The van der Waals surface area contributed by atoms with E-state index in [1.54, 1.807) is 45.0 Å². The lowest BCUT2D eigenvalue weighted by Crippen LogP contribution is -2.60. The lowest BCUT2D eigenvalue weighted by Gasteiger charge is -2.43. The van der Waals surface area contributed by atoms with E-state index in [1.807, 2.05) is 0 Å². The highest BCUT2D eigenvalue weighted by molar-refractivity contribution is 6.48. The normalized spacial score (nSPS) is 21.7. The Balaban J connectivity index is 1.61. The third-order valence-corrected chi connectivity index (χ3v) is 7.30. The van der Waals surface area contributed by atoms with E-state index in [1.165, 1.54) is 0 Å².